The van der Waals surface area contributed by atoms with Crippen LogP contribution in [-0.2, 0) is 17.9 Å². The molecule has 1 atom stereocenters. The molecular formula is C20H22N4O. The van der Waals surface area contributed by atoms with Gasteiger partial charge in [-0.15, -0.1) is 0 Å². The Balaban J connectivity index is 1.29. The standard InChI is InChI=1S/C20H22N4O/c1-2-4-19(5-3-1)24-13-8-18(22-24)14-23-12-9-20(15-23)25-16-17-6-10-21-11-7-17/h1-8,10-11,13,20H,9,12,14-16H2. The fourth-order valence-electron chi connectivity index (χ4n) is 3.17. The molecule has 5 heteroatoms. The van der Waals surface area contributed by atoms with E-state index in [1.165, 1.54) is 5.56 Å². The monoisotopic (exact) mass is 334 g/mol. The summed E-state index contributed by atoms with van der Waals surface area (Å²) in [6, 6.07) is 16.3. The first-order valence-electron chi connectivity index (χ1n) is 8.70. The van der Waals surface area contributed by atoms with Crippen molar-refractivity contribution < 1.29 is 4.74 Å². The van der Waals surface area contributed by atoms with Crippen molar-refractivity contribution in [2.75, 3.05) is 13.1 Å². The van der Waals surface area contributed by atoms with E-state index in [-0.39, 0.29) is 0 Å². The summed E-state index contributed by atoms with van der Waals surface area (Å²) < 4.78 is 7.97. The van der Waals surface area contributed by atoms with E-state index in [0.29, 0.717) is 12.7 Å². The van der Waals surface area contributed by atoms with Crippen molar-refractivity contribution in [3.05, 3.63) is 78.4 Å². The molecule has 0 radical (unpaired) electrons. The van der Waals surface area contributed by atoms with Gasteiger partial charge in [-0.3, -0.25) is 9.88 Å². The summed E-state index contributed by atoms with van der Waals surface area (Å²) in [6.07, 6.45) is 7.01. The topological polar surface area (TPSA) is 43.2 Å². The molecule has 0 aliphatic carbocycles. The Labute approximate surface area is 147 Å². The predicted molar refractivity (Wildman–Crippen MR) is 96.3 cm³/mol. The van der Waals surface area contributed by atoms with Crippen LogP contribution in [-0.4, -0.2) is 38.9 Å². The van der Waals surface area contributed by atoms with E-state index in [0.717, 1.165) is 37.4 Å². The normalized spacial score (nSPS) is 17.8. The first kappa shape index (κ1) is 16.0. The molecule has 0 spiro atoms. The molecule has 0 amide bonds. The van der Waals surface area contributed by atoms with Crippen molar-refractivity contribution in [1.82, 2.24) is 19.7 Å². The molecule has 1 saturated heterocycles. The van der Waals surface area contributed by atoms with E-state index >= 15 is 0 Å². The molecule has 1 aromatic carbocycles. The Hall–Kier alpha value is -2.50. The summed E-state index contributed by atoms with van der Waals surface area (Å²) in [7, 11) is 0. The minimum absolute atomic E-state index is 0.296. The Kier molecular flexibility index (Phi) is 4.86. The molecular weight excluding hydrogens is 312 g/mol. The molecule has 1 fully saturated rings. The van der Waals surface area contributed by atoms with E-state index in [2.05, 4.69) is 33.2 Å². The van der Waals surface area contributed by atoms with Gasteiger partial charge in [0.05, 0.1) is 24.1 Å². The molecule has 25 heavy (non-hydrogen) atoms. The zero-order chi connectivity index (χ0) is 16.9. The summed E-state index contributed by atoms with van der Waals surface area (Å²) in [5.41, 5.74) is 3.36. The SMILES string of the molecule is c1ccc(-n2ccc(CN3CCC(OCc4ccncc4)C3)n2)cc1. The van der Waals surface area contributed by atoms with Gasteiger partial charge in [-0.2, -0.15) is 5.10 Å². The van der Waals surface area contributed by atoms with Gasteiger partial charge in [0.1, 0.15) is 0 Å². The van der Waals surface area contributed by atoms with Crippen LogP contribution in [0.1, 0.15) is 17.7 Å². The smallest absolute Gasteiger partial charge is 0.0769 e. The number of hydrogen-bond donors (Lipinski definition) is 0. The van der Waals surface area contributed by atoms with Crippen molar-refractivity contribution in [3.63, 3.8) is 0 Å². The van der Waals surface area contributed by atoms with Crippen LogP contribution >= 0.6 is 0 Å². The second-order valence-electron chi connectivity index (χ2n) is 6.40. The zero-order valence-electron chi connectivity index (χ0n) is 14.2. The van der Waals surface area contributed by atoms with E-state index in [1.54, 1.807) is 0 Å². The quantitative estimate of drug-likeness (QED) is 0.695. The summed E-state index contributed by atoms with van der Waals surface area (Å²) >= 11 is 0. The van der Waals surface area contributed by atoms with Crippen LogP contribution in [0.25, 0.3) is 5.69 Å². The highest BCUT2D eigenvalue weighted by Gasteiger charge is 2.23. The minimum Gasteiger partial charge on any atom is -0.372 e. The number of pyridine rings is 1. The highest BCUT2D eigenvalue weighted by Crippen LogP contribution is 2.17. The van der Waals surface area contributed by atoms with Crippen molar-refractivity contribution in [1.29, 1.82) is 0 Å². The number of nitrogens with zero attached hydrogens (tertiary/aromatic N) is 4. The molecule has 128 valence electrons. The van der Waals surface area contributed by atoms with Crippen LogP contribution in [0.4, 0.5) is 0 Å². The van der Waals surface area contributed by atoms with Gasteiger partial charge in [0, 0.05) is 38.2 Å². The predicted octanol–water partition coefficient (Wildman–Crippen LogP) is 3.06. The average Bonchev–Trinajstić information content (AvgIpc) is 3.32. The fourth-order valence-corrected chi connectivity index (χ4v) is 3.17. The molecule has 0 bridgehead atoms. The molecule has 5 nitrogen and oxygen atoms in total. The number of benzene rings is 1. The van der Waals surface area contributed by atoms with Gasteiger partial charge in [-0.25, -0.2) is 4.68 Å². The maximum absolute atomic E-state index is 6.04. The van der Waals surface area contributed by atoms with Crippen molar-refractivity contribution in [3.8, 4) is 5.69 Å². The molecule has 0 N–H and O–H groups in total. The van der Waals surface area contributed by atoms with Crippen LogP contribution in [0.2, 0.25) is 0 Å². The van der Waals surface area contributed by atoms with Crippen LogP contribution in [0, 0.1) is 0 Å². The van der Waals surface area contributed by atoms with Crippen LogP contribution < -0.4 is 0 Å². The van der Waals surface area contributed by atoms with E-state index in [4.69, 9.17) is 4.74 Å². The van der Waals surface area contributed by atoms with Gasteiger partial charge < -0.3 is 4.74 Å². The highest BCUT2D eigenvalue weighted by atomic mass is 16.5. The molecule has 3 aromatic rings. The molecule has 1 aliphatic heterocycles. The number of para-hydroxylation sites is 1. The van der Waals surface area contributed by atoms with Gasteiger partial charge in [0.2, 0.25) is 0 Å². The molecule has 2 aromatic heterocycles. The Morgan fingerprint density at radius 2 is 1.88 bits per heavy atom. The third-order valence-electron chi connectivity index (χ3n) is 4.51. The number of aromatic nitrogens is 3. The Morgan fingerprint density at radius 1 is 1.04 bits per heavy atom. The fraction of sp³-hybridized carbons (Fsp3) is 0.300. The highest BCUT2D eigenvalue weighted by molar-refractivity contribution is 5.30. The lowest BCUT2D eigenvalue weighted by molar-refractivity contribution is 0.0460. The number of hydrogen-bond acceptors (Lipinski definition) is 4. The number of ether oxygens (including phenoxy) is 1. The maximum Gasteiger partial charge on any atom is 0.0769 e. The molecule has 4 rings (SSSR count). The lowest BCUT2D eigenvalue weighted by atomic mass is 10.3. The number of likely N-dealkylation sites (tertiary alicyclic amines) is 1. The maximum atomic E-state index is 6.04. The zero-order valence-corrected chi connectivity index (χ0v) is 14.2. The summed E-state index contributed by atoms with van der Waals surface area (Å²) in [4.78, 5) is 6.45. The first-order valence-corrected chi connectivity index (χ1v) is 8.70. The second-order valence-corrected chi connectivity index (χ2v) is 6.40. The molecule has 3 heterocycles. The third-order valence-corrected chi connectivity index (χ3v) is 4.51. The van der Waals surface area contributed by atoms with Crippen LogP contribution in [0.15, 0.2) is 67.1 Å². The van der Waals surface area contributed by atoms with Gasteiger partial charge in [0.15, 0.2) is 0 Å². The number of rotatable bonds is 6. The average molecular weight is 334 g/mol. The van der Waals surface area contributed by atoms with Gasteiger partial charge in [0.25, 0.3) is 0 Å². The Morgan fingerprint density at radius 3 is 2.72 bits per heavy atom. The molecule has 0 saturated carbocycles. The van der Waals surface area contributed by atoms with Crippen molar-refractivity contribution in [2.45, 2.75) is 25.7 Å². The second kappa shape index (κ2) is 7.59. The summed E-state index contributed by atoms with van der Waals surface area (Å²) in [5, 5.41) is 4.69. The Bertz CT molecular complexity index is 788. The molecule has 1 aliphatic rings. The van der Waals surface area contributed by atoms with Gasteiger partial charge in [-0.05, 0) is 42.3 Å². The molecule has 1 unspecified atom stereocenters. The minimum atomic E-state index is 0.296. The van der Waals surface area contributed by atoms with Crippen LogP contribution in [0.5, 0.6) is 0 Å². The van der Waals surface area contributed by atoms with Gasteiger partial charge >= 0.3 is 0 Å². The lowest BCUT2D eigenvalue weighted by Gasteiger charge is -2.15. The van der Waals surface area contributed by atoms with E-state index < -0.39 is 0 Å². The first-order chi connectivity index (χ1) is 12.4. The van der Waals surface area contributed by atoms with E-state index in [9.17, 15) is 0 Å². The third kappa shape index (κ3) is 4.13. The van der Waals surface area contributed by atoms with Crippen LogP contribution in [0.3, 0.4) is 0 Å². The largest absolute Gasteiger partial charge is 0.372 e. The van der Waals surface area contributed by atoms with Gasteiger partial charge in [-0.1, -0.05) is 18.2 Å². The lowest BCUT2D eigenvalue weighted by Crippen LogP contribution is -2.23. The van der Waals surface area contributed by atoms with E-state index in [1.807, 2.05) is 53.6 Å². The van der Waals surface area contributed by atoms with Crippen molar-refractivity contribution in [2.24, 2.45) is 0 Å². The van der Waals surface area contributed by atoms with Crippen molar-refractivity contribution >= 4 is 0 Å². The summed E-state index contributed by atoms with van der Waals surface area (Å²) in [5.74, 6) is 0. The summed E-state index contributed by atoms with van der Waals surface area (Å²) in [6.45, 7) is 3.54.